The summed E-state index contributed by atoms with van der Waals surface area (Å²) in [5, 5.41) is 8.00. The van der Waals surface area contributed by atoms with E-state index in [9.17, 15) is 8.42 Å². The monoisotopic (exact) mass is 249 g/mol. The van der Waals surface area contributed by atoms with E-state index in [2.05, 4.69) is 10.2 Å². The molecule has 84 valence electrons. The molecule has 0 N–H and O–H groups in total. The van der Waals surface area contributed by atoms with Crippen molar-refractivity contribution < 1.29 is 8.42 Å². The van der Waals surface area contributed by atoms with Crippen LogP contribution in [0.1, 0.15) is 24.6 Å². The third-order valence-corrected chi connectivity index (χ3v) is 3.57. The van der Waals surface area contributed by atoms with Gasteiger partial charge in [-0.25, -0.2) is 8.42 Å². The molecule has 1 aliphatic carbocycles. The Morgan fingerprint density at radius 2 is 2.13 bits per heavy atom. The van der Waals surface area contributed by atoms with Crippen LogP contribution in [0.25, 0.3) is 0 Å². The van der Waals surface area contributed by atoms with Gasteiger partial charge in [-0.1, -0.05) is 0 Å². The number of halogens is 1. The van der Waals surface area contributed by atoms with Crippen LogP contribution in [0.5, 0.6) is 0 Å². The van der Waals surface area contributed by atoms with Gasteiger partial charge in [0.2, 0.25) is 5.28 Å². The number of rotatable bonds is 4. The summed E-state index contributed by atoms with van der Waals surface area (Å²) in [7, 11) is -2.97. The van der Waals surface area contributed by atoms with Crippen molar-refractivity contribution in [3.63, 3.8) is 0 Å². The summed E-state index contributed by atoms with van der Waals surface area (Å²) in [6.45, 7) is 0.344. The summed E-state index contributed by atoms with van der Waals surface area (Å²) in [6.07, 6.45) is 3.39. The molecule has 0 spiro atoms. The predicted molar refractivity (Wildman–Crippen MR) is 56.7 cm³/mol. The van der Waals surface area contributed by atoms with Crippen molar-refractivity contribution >= 4 is 21.4 Å². The zero-order valence-electron chi connectivity index (χ0n) is 8.35. The molecule has 0 radical (unpaired) electrons. The van der Waals surface area contributed by atoms with E-state index in [-0.39, 0.29) is 11.0 Å². The Labute approximate surface area is 93.4 Å². The van der Waals surface area contributed by atoms with E-state index >= 15 is 0 Å². The van der Waals surface area contributed by atoms with Gasteiger partial charge >= 0.3 is 0 Å². The first-order chi connectivity index (χ1) is 6.97. The fraction of sp³-hybridized carbons (Fsp3) is 0.750. The third kappa shape index (κ3) is 2.69. The molecule has 1 aromatic heterocycles. The van der Waals surface area contributed by atoms with Gasteiger partial charge in [-0.3, -0.25) is 0 Å². The van der Waals surface area contributed by atoms with E-state index in [0.29, 0.717) is 12.5 Å². The minimum absolute atomic E-state index is 0.0739. The highest BCUT2D eigenvalue weighted by molar-refractivity contribution is 7.90. The van der Waals surface area contributed by atoms with Crippen LogP contribution in [0.2, 0.25) is 5.28 Å². The smallest absolute Gasteiger partial charge is 0.225 e. The molecule has 1 fully saturated rings. The zero-order chi connectivity index (χ0) is 11.1. The predicted octanol–water partition coefficient (Wildman–Crippen LogP) is 0.853. The standard InChI is InChI=1S/C8H12ClN3O2S/c1-15(13,14)5-4-12-7(6-2-3-6)10-11-8(12)9/h6H,2-5H2,1H3. The highest BCUT2D eigenvalue weighted by atomic mass is 35.5. The van der Waals surface area contributed by atoms with Crippen LogP contribution < -0.4 is 0 Å². The lowest BCUT2D eigenvalue weighted by Gasteiger charge is -2.05. The molecule has 0 unspecified atom stereocenters. The lowest BCUT2D eigenvalue weighted by atomic mass is 10.4. The van der Waals surface area contributed by atoms with Crippen LogP contribution in [0.15, 0.2) is 0 Å². The molecule has 2 rings (SSSR count). The number of aromatic nitrogens is 3. The Morgan fingerprint density at radius 1 is 1.47 bits per heavy atom. The fourth-order valence-electron chi connectivity index (χ4n) is 1.40. The Morgan fingerprint density at radius 3 is 2.67 bits per heavy atom. The van der Waals surface area contributed by atoms with Crippen LogP contribution in [-0.2, 0) is 16.4 Å². The number of hydrogen-bond acceptors (Lipinski definition) is 4. The van der Waals surface area contributed by atoms with Gasteiger partial charge in [0.1, 0.15) is 15.7 Å². The van der Waals surface area contributed by atoms with Gasteiger partial charge < -0.3 is 4.57 Å². The van der Waals surface area contributed by atoms with E-state index < -0.39 is 9.84 Å². The Balaban J connectivity index is 2.15. The highest BCUT2D eigenvalue weighted by Gasteiger charge is 2.30. The fourth-order valence-corrected chi connectivity index (χ4v) is 2.13. The van der Waals surface area contributed by atoms with Gasteiger partial charge in [-0.05, 0) is 24.4 Å². The second-order valence-electron chi connectivity index (χ2n) is 3.88. The summed E-state index contributed by atoms with van der Waals surface area (Å²) < 4.78 is 23.8. The molecule has 1 aliphatic rings. The molecule has 0 aliphatic heterocycles. The van der Waals surface area contributed by atoms with Crippen molar-refractivity contribution in [2.24, 2.45) is 0 Å². The average Bonchev–Trinajstić information content (AvgIpc) is 2.87. The summed E-state index contributed by atoms with van der Waals surface area (Å²) in [6, 6.07) is 0. The minimum Gasteiger partial charge on any atom is -0.301 e. The molecule has 1 heterocycles. The molecule has 0 aromatic carbocycles. The molecule has 0 bridgehead atoms. The molecule has 1 aromatic rings. The minimum atomic E-state index is -2.97. The summed E-state index contributed by atoms with van der Waals surface area (Å²) in [5.41, 5.74) is 0. The largest absolute Gasteiger partial charge is 0.301 e. The first-order valence-corrected chi connectivity index (χ1v) is 7.17. The van der Waals surface area contributed by atoms with E-state index in [1.54, 1.807) is 4.57 Å². The van der Waals surface area contributed by atoms with Gasteiger partial charge in [0.15, 0.2) is 0 Å². The lowest BCUT2D eigenvalue weighted by Crippen LogP contribution is -2.13. The maximum Gasteiger partial charge on any atom is 0.225 e. The van der Waals surface area contributed by atoms with Gasteiger partial charge in [0.05, 0.1) is 5.75 Å². The first kappa shape index (κ1) is 10.9. The number of nitrogens with zero attached hydrogens (tertiary/aromatic N) is 3. The van der Waals surface area contributed by atoms with E-state index in [1.807, 2.05) is 0 Å². The summed E-state index contributed by atoms with van der Waals surface area (Å²) >= 11 is 5.84. The first-order valence-electron chi connectivity index (χ1n) is 4.74. The number of sulfone groups is 1. The Hall–Kier alpha value is -0.620. The van der Waals surface area contributed by atoms with Crippen LogP contribution in [0.4, 0.5) is 0 Å². The summed E-state index contributed by atoms with van der Waals surface area (Å²) in [4.78, 5) is 0. The molecule has 7 heteroatoms. The lowest BCUT2D eigenvalue weighted by molar-refractivity contribution is 0.592. The van der Waals surface area contributed by atoms with Gasteiger partial charge in [-0.2, -0.15) is 0 Å². The van der Waals surface area contributed by atoms with Crippen molar-refractivity contribution in [2.45, 2.75) is 25.3 Å². The normalized spacial score (nSPS) is 16.9. The Bertz CT molecular complexity index is 464. The van der Waals surface area contributed by atoms with Crippen LogP contribution in [0, 0.1) is 0 Å². The van der Waals surface area contributed by atoms with Crippen LogP contribution >= 0.6 is 11.6 Å². The molecular weight excluding hydrogens is 238 g/mol. The molecule has 0 saturated heterocycles. The molecule has 15 heavy (non-hydrogen) atoms. The van der Waals surface area contributed by atoms with Gasteiger partial charge in [0.25, 0.3) is 0 Å². The molecular formula is C8H12ClN3O2S. The summed E-state index contributed by atoms with van der Waals surface area (Å²) in [5.74, 6) is 1.32. The third-order valence-electron chi connectivity index (χ3n) is 2.36. The topological polar surface area (TPSA) is 64.8 Å². The Kier molecular flexibility index (Phi) is 2.72. The maximum absolute atomic E-state index is 11.0. The van der Waals surface area contributed by atoms with Crippen molar-refractivity contribution in [2.75, 3.05) is 12.0 Å². The van der Waals surface area contributed by atoms with E-state index in [1.165, 1.54) is 6.26 Å². The molecule has 5 nitrogen and oxygen atoms in total. The van der Waals surface area contributed by atoms with Gasteiger partial charge in [0, 0.05) is 18.7 Å². The molecule has 0 amide bonds. The van der Waals surface area contributed by atoms with Crippen molar-refractivity contribution in [1.82, 2.24) is 14.8 Å². The van der Waals surface area contributed by atoms with Crippen molar-refractivity contribution in [3.05, 3.63) is 11.1 Å². The quantitative estimate of drug-likeness (QED) is 0.794. The molecule has 1 saturated carbocycles. The van der Waals surface area contributed by atoms with Crippen molar-refractivity contribution in [1.29, 1.82) is 0 Å². The van der Waals surface area contributed by atoms with E-state index in [0.717, 1.165) is 18.7 Å². The second kappa shape index (κ2) is 3.75. The van der Waals surface area contributed by atoms with E-state index in [4.69, 9.17) is 11.6 Å². The average molecular weight is 250 g/mol. The van der Waals surface area contributed by atoms with Crippen molar-refractivity contribution in [3.8, 4) is 0 Å². The maximum atomic E-state index is 11.0. The highest BCUT2D eigenvalue weighted by Crippen LogP contribution is 2.39. The van der Waals surface area contributed by atoms with Gasteiger partial charge in [-0.15, -0.1) is 10.2 Å². The van der Waals surface area contributed by atoms with Crippen LogP contribution in [0.3, 0.4) is 0 Å². The number of hydrogen-bond donors (Lipinski definition) is 0. The zero-order valence-corrected chi connectivity index (χ0v) is 9.92. The van der Waals surface area contributed by atoms with Crippen LogP contribution in [-0.4, -0.2) is 35.2 Å². The molecule has 0 atom stereocenters. The second-order valence-corrected chi connectivity index (χ2v) is 6.48. The SMILES string of the molecule is CS(=O)(=O)CCn1c(Cl)nnc1C1CC1.